The average Bonchev–Trinajstić information content (AvgIpc) is 2.59. The highest BCUT2D eigenvalue weighted by Gasteiger charge is 2.23. The largest absolute Gasteiger partial charge is 0.497 e. The van der Waals surface area contributed by atoms with Crippen LogP contribution in [0.15, 0.2) is 18.2 Å². The zero-order valence-electron chi connectivity index (χ0n) is 14.0. The summed E-state index contributed by atoms with van der Waals surface area (Å²) >= 11 is 0. The lowest BCUT2D eigenvalue weighted by molar-refractivity contribution is -0.126. The van der Waals surface area contributed by atoms with Crippen molar-refractivity contribution in [3.63, 3.8) is 0 Å². The molecule has 0 bridgehead atoms. The van der Waals surface area contributed by atoms with Crippen LogP contribution in [0.5, 0.6) is 11.5 Å². The summed E-state index contributed by atoms with van der Waals surface area (Å²) in [6, 6.07) is 5.23. The van der Waals surface area contributed by atoms with Crippen molar-refractivity contribution in [2.45, 2.75) is 18.9 Å². The first-order valence-electron chi connectivity index (χ1n) is 7.90. The number of piperidine rings is 1. The summed E-state index contributed by atoms with van der Waals surface area (Å²) in [5.74, 6) is 1.28. The van der Waals surface area contributed by atoms with Gasteiger partial charge in [0.1, 0.15) is 11.5 Å². The van der Waals surface area contributed by atoms with Crippen molar-refractivity contribution in [1.29, 1.82) is 0 Å². The van der Waals surface area contributed by atoms with Crippen LogP contribution in [-0.4, -0.2) is 56.8 Å². The molecule has 1 atom stereocenters. The van der Waals surface area contributed by atoms with Crippen LogP contribution in [0.4, 0.5) is 0 Å². The van der Waals surface area contributed by atoms with E-state index in [1.165, 1.54) is 0 Å². The number of nitrogens with one attached hydrogen (secondary N) is 1. The second-order valence-electron chi connectivity index (χ2n) is 5.98. The summed E-state index contributed by atoms with van der Waals surface area (Å²) in [7, 11) is 5.19. The lowest BCUT2D eigenvalue weighted by atomic mass is 9.96. The lowest BCUT2D eigenvalue weighted by Crippen LogP contribution is -2.40. The Balaban J connectivity index is 1.91. The third kappa shape index (κ3) is 4.84. The molecule has 0 spiro atoms. The molecule has 1 aliphatic rings. The topological polar surface area (TPSA) is 71.0 Å². The highest BCUT2D eigenvalue weighted by molar-refractivity contribution is 5.78. The number of likely N-dealkylation sites (tertiary alicyclic amines) is 1. The van der Waals surface area contributed by atoms with E-state index >= 15 is 0 Å². The molecule has 2 N–H and O–H groups in total. The van der Waals surface area contributed by atoms with Gasteiger partial charge in [0, 0.05) is 18.5 Å². The Kier molecular flexibility index (Phi) is 6.24. The number of methoxy groups -OCH3 is 2. The van der Waals surface area contributed by atoms with Crippen molar-refractivity contribution in [3.8, 4) is 11.5 Å². The molecule has 1 unspecified atom stereocenters. The first kappa shape index (κ1) is 17.6. The van der Waals surface area contributed by atoms with Crippen molar-refractivity contribution in [1.82, 2.24) is 10.2 Å². The number of ether oxygens (including phenoxy) is 2. The molecule has 1 heterocycles. The van der Waals surface area contributed by atoms with Gasteiger partial charge in [0.2, 0.25) is 5.91 Å². The zero-order chi connectivity index (χ0) is 16.8. The number of rotatable bonds is 6. The van der Waals surface area contributed by atoms with Crippen LogP contribution in [0.3, 0.4) is 0 Å². The van der Waals surface area contributed by atoms with Gasteiger partial charge in [-0.3, -0.25) is 4.79 Å². The number of aliphatic hydroxyl groups excluding tert-OH is 1. The van der Waals surface area contributed by atoms with Crippen LogP contribution in [0.25, 0.3) is 0 Å². The fraction of sp³-hybridized carbons (Fsp3) is 0.588. The number of carbonyl (C=O) groups is 1. The number of benzene rings is 1. The van der Waals surface area contributed by atoms with Crippen molar-refractivity contribution in [2.75, 3.05) is 40.9 Å². The molecule has 1 amide bonds. The smallest absolute Gasteiger partial charge is 0.223 e. The van der Waals surface area contributed by atoms with E-state index in [9.17, 15) is 9.90 Å². The molecule has 1 aromatic carbocycles. The van der Waals surface area contributed by atoms with E-state index in [0.717, 1.165) is 25.9 Å². The summed E-state index contributed by atoms with van der Waals surface area (Å²) in [5.41, 5.74) is 0.657. The quantitative estimate of drug-likeness (QED) is 0.823. The molecule has 128 valence electrons. The number of hydrogen-bond donors (Lipinski definition) is 2. The molecular weight excluding hydrogens is 296 g/mol. The summed E-state index contributed by atoms with van der Waals surface area (Å²) in [6.07, 6.45) is 0.936. The van der Waals surface area contributed by atoms with Crippen LogP contribution < -0.4 is 14.8 Å². The monoisotopic (exact) mass is 322 g/mol. The predicted octanol–water partition coefficient (Wildman–Crippen LogP) is 1.20. The van der Waals surface area contributed by atoms with Crippen LogP contribution in [0, 0.1) is 5.92 Å². The van der Waals surface area contributed by atoms with Crippen LogP contribution in [-0.2, 0) is 4.79 Å². The summed E-state index contributed by atoms with van der Waals surface area (Å²) in [6.45, 7) is 2.06. The molecule has 6 heteroatoms. The van der Waals surface area contributed by atoms with Crippen molar-refractivity contribution >= 4 is 5.91 Å². The molecule has 1 saturated heterocycles. The van der Waals surface area contributed by atoms with Gasteiger partial charge in [-0.05, 0) is 50.7 Å². The highest BCUT2D eigenvalue weighted by Crippen LogP contribution is 2.26. The van der Waals surface area contributed by atoms with E-state index in [2.05, 4.69) is 17.3 Å². The van der Waals surface area contributed by atoms with Crippen LogP contribution in [0.2, 0.25) is 0 Å². The fourth-order valence-electron chi connectivity index (χ4n) is 2.75. The van der Waals surface area contributed by atoms with Gasteiger partial charge in [-0.15, -0.1) is 0 Å². The van der Waals surface area contributed by atoms with Crippen LogP contribution in [0.1, 0.15) is 24.5 Å². The first-order valence-corrected chi connectivity index (χ1v) is 7.90. The van der Waals surface area contributed by atoms with Gasteiger partial charge in [0.15, 0.2) is 0 Å². The molecule has 1 fully saturated rings. The molecule has 0 aliphatic carbocycles. The number of hydrogen-bond acceptors (Lipinski definition) is 5. The maximum atomic E-state index is 12.2. The van der Waals surface area contributed by atoms with Crippen LogP contribution >= 0.6 is 0 Å². The Morgan fingerprint density at radius 3 is 2.35 bits per heavy atom. The summed E-state index contributed by atoms with van der Waals surface area (Å²) in [4.78, 5) is 14.4. The Hall–Kier alpha value is -1.79. The molecule has 0 aromatic heterocycles. The first-order chi connectivity index (χ1) is 11.0. The average molecular weight is 322 g/mol. The molecule has 2 rings (SSSR count). The molecule has 1 aliphatic heterocycles. The van der Waals surface area contributed by atoms with E-state index in [-0.39, 0.29) is 18.4 Å². The zero-order valence-corrected chi connectivity index (χ0v) is 14.0. The Bertz CT molecular complexity index is 505. The van der Waals surface area contributed by atoms with Crippen molar-refractivity contribution in [3.05, 3.63) is 23.8 Å². The normalized spacial score (nSPS) is 17.6. The Labute approximate surface area is 137 Å². The molecule has 6 nitrogen and oxygen atoms in total. The number of amides is 1. The van der Waals surface area contributed by atoms with Gasteiger partial charge in [-0.2, -0.15) is 0 Å². The third-order valence-electron chi connectivity index (χ3n) is 4.32. The maximum absolute atomic E-state index is 12.2. The molecule has 0 saturated carbocycles. The maximum Gasteiger partial charge on any atom is 0.223 e. The SMILES string of the molecule is COc1cc(OC)cc(C(O)CNC(=O)C2CCN(C)CC2)c1. The molecule has 0 radical (unpaired) electrons. The second kappa shape index (κ2) is 8.17. The summed E-state index contributed by atoms with van der Waals surface area (Å²) in [5, 5.41) is 13.2. The highest BCUT2D eigenvalue weighted by atomic mass is 16.5. The van der Waals surface area contributed by atoms with E-state index in [1.54, 1.807) is 32.4 Å². The van der Waals surface area contributed by atoms with Gasteiger partial charge in [-0.25, -0.2) is 0 Å². The third-order valence-corrected chi connectivity index (χ3v) is 4.32. The van der Waals surface area contributed by atoms with E-state index in [1.807, 2.05) is 0 Å². The van der Waals surface area contributed by atoms with Gasteiger partial charge in [0.05, 0.1) is 20.3 Å². The second-order valence-corrected chi connectivity index (χ2v) is 5.98. The molecule has 23 heavy (non-hydrogen) atoms. The van der Waals surface area contributed by atoms with E-state index < -0.39 is 6.10 Å². The minimum Gasteiger partial charge on any atom is -0.497 e. The number of aliphatic hydroxyl groups is 1. The van der Waals surface area contributed by atoms with Gasteiger partial charge < -0.3 is 24.8 Å². The summed E-state index contributed by atoms with van der Waals surface area (Å²) < 4.78 is 10.4. The number of nitrogens with zero attached hydrogens (tertiary/aromatic N) is 1. The van der Waals surface area contributed by atoms with Crippen molar-refractivity contribution in [2.24, 2.45) is 5.92 Å². The minimum absolute atomic E-state index is 0.0204. The van der Waals surface area contributed by atoms with E-state index in [4.69, 9.17) is 9.47 Å². The van der Waals surface area contributed by atoms with Gasteiger partial charge in [0.25, 0.3) is 0 Å². The Morgan fingerprint density at radius 2 is 1.83 bits per heavy atom. The van der Waals surface area contributed by atoms with Gasteiger partial charge >= 0.3 is 0 Å². The van der Waals surface area contributed by atoms with Crippen molar-refractivity contribution < 1.29 is 19.4 Å². The van der Waals surface area contributed by atoms with E-state index in [0.29, 0.717) is 17.1 Å². The minimum atomic E-state index is -0.797. The standard InChI is InChI=1S/C17H26N2O4/c1-19-6-4-12(5-7-19)17(21)18-11-16(20)13-8-14(22-2)10-15(9-13)23-3/h8-10,12,16,20H,4-7,11H2,1-3H3,(H,18,21). The number of carbonyl (C=O) groups excluding carboxylic acids is 1. The fourth-order valence-corrected chi connectivity index (χ4v) is 2.75. The van der Waals surface area contributed by atoms with Gasteiger partial charge in [-0.1, -0.05) is 0 Å². The lowest BCUT2D eigenvalue weighted by Gasteiger charge is -2.28. The predicted molar refractivity (Wildman–Crippen MR) is 87.7 cm³/mol. The molecule has 1 aromatic rings. The Morgan fingerprint density at radius 1 is 1.26 bits per heavy atom. The molecular formula is C17H26N2O4.